The summed E-state index contributed by atoms with van der Waals surface area (Å²) in [6.45, 7) is 0. The second-order valence-corrected chi connectivity index (χ2v) is 3.28. The molecule has 78 valence electrons. The van der Waals surface area contributed by atoms with Crippen LogP contribution in [0.5, 0.6) is 0 Å². The number of hydrogen-bond donors (Lipinski definition) is 0. The van der Waals surface area contributed by atoms with Crippen molar-refractivity contribution in [2.75, 3.05) is 7.11 Å². The smallest absolute Gasteiger partial charge is 0.337 e. The summed E-state index contributed by atoms with van der Waals surface area (Å²) in [5.74, 6) is -1.25. The van der Waals surface area contributed by atoms with E-state index in [2.05, 4.69) is 20.7 Å². The molecule has 5 heteroatoms. The van der Waals surface area contributed by atoms with Crippen molar-refractivity contribution in [1.29, 1.82) is 5.26 Å². The largest absolute Gasteiger partial charge is 0.465 e. The van der Waals surface area contributed by atoms with Gasteiger partial charge in [0.25, 0.3) is 0 Å². The number of carbonyl (C=O) groups excluding carboxylic acids is 1. The number of alkyl halides is 1. The molecule has 0 heterocycles. The van der Waals surface area contributed by atoms with Crippen LogP contribution >= 0.6 is 15.9 Å². The highest BCUT2D eigenvalue weighted by Crippen LogP contribution is 2.19. The topological polar surface area (TPSA) is 50.1 Å². The lowest BCUT2D eigenvalue weighted by molar-refractivity contribution is 0.0600. The van der Waals surface area contributed by atoms with Crippen LogP contribution in [0.2, 0.25) is 0 Å². The van der Waals surface area contributed by atoms with Gasteiger partial charge in [0.1, 0.15) is 5.82 Å². The van der Waals surface area contributed by atoms with Gasteiger partial charge in [-0.1, -0.05) is 15.9 Å². The summed E-state index contributed by atoms with van der Waals surface area (Å²) >= 11 is 3.07. The number of hydrogen-bond acceptors (Lipinski definition) is 3. The highest BCUT2D eigenvalue weighted by molar-refractivity contribution is 9.08. The number of ether oxygens (including phenoxy) is 1. The molecule has 0 spiro atoms. The molecule has 0 bridgehead atoms. The van der Waals surface area contributed by atoms with Crippen LogP contribution in [0.4, 0.5) is 4.39 Å². The Morgan fingerprint density at radius 1 is 1.67 bits per heavy atom. The summed E-state index contributed by atoms with van der Waals surface area (Å²) in [5, 5.41) is 8.99. The molecular weight excluding hydrogens is 265 g/mol. The third kappa shape index (κ3) is 2.34. The van der Waals surface area contributed by atoms with Crippen LogP contribution in [-0.4, -0.2) is 13.1 Å². The van der Waals surface area contributed by atoms with Crippen LogP contribution < -0.4 is 0 Å². The third-order valence-electron chi connectivity index (χ3n) is 1.87. The molecule has 0 aliphatic rings. The molecule has 0 saturated carbocycles. The first kappa shape index (κ1) is 11.7. The highest BCUT2D eigenvalue weighted by atomic mass is 79.9. The predicted octanol–water partition coefficient (Wildman–Crippen LogP) is 2.38. The lowest BCUT2D eigenvalue weighted by atomic mass is 10.1. The summed E-state index contributed by atoms with van der Waals surface area (Å²) in [7, 11) is 1.20. The number of carbonyl (C=O) groups is 1. The summed E-state index contributed by atoms with van der Waals surface area (Å²) in [4.78, 5) is 11.1. The van der Waals surface area contributed by atoms with E-state index in [0.717, 1.165) is 6.07 Å². The monoisotopic (exact) mass is 271 g/mol. The van der Waals surface area contributed by atoms with Crippen molar-refractivity contribution in [3.63, 3.8) is 0 Å². The van der Waals surface area contributed by atoms with Crippen molar-refractivity contribution in [2.45, 2.75) is 5.33 Å². The Bertz CT molecular complexity index is 440. The Labute approximate surface area is 94.6 Å². The molecule has 0 atom stereocenters. The number of methoxy groups -OCH3 is 1. The Balaban J connectivity index is 3.33. The van der Waals surface area contributed by atoms with Crippen molar-refractivity contribution in [1.82, 2.24) is 0 Å². The first-order valence-electron chi connectivity index (χ1n) is 4.00. The molecule has 0 N–H and O–H groups in total. The Hall–Kier alpha value is -1.41. The fourth-order valence-corrected chi connectivity index (χ4v) is 1.68. The van der Waals surface area contributed by atoms with Gasteiger partial charge in [0.15, 0.2) is 0 Å². The van der Waals surface area contributed by atoms with Crippen LogP contribution in [0.1, 0.15) is 21.5 Å². The third-order valence-corrected chi connectivity index (χ3v) is 2.43. The minimum atomic E-state index is -0.661. The van der Waals surface area contributed by atoms with Gasteiger partial charge in [0.2, 0.25) is 0 Å². The van der Waals surface area contributed by atoms with Crippen LogP contribution in [0.15, 0.2) is 12.1 Å². The molecule has 3 nitrogen and oxygen atoms in total. The van der Waals surface area contributed by atoms with Crippen LogP contribution in [0.3, 0.4) is 0 Å². The molecular formula is C10H7BrFNO2. The molecule has 0 fully saturated rings. The fraction of sp³-hybridized carbons (Fsp3) is 0.200. The average Bonchev–Trinajstić information content (AvgIpc) is 2.26. The molecule has 0 amide bonds. The summed E-state index contributed by atoms with van der Waals surface area (Å²) in [5.41, 5.74) is 0.411. The van der Waals surface area contributed by atoms with E-state index in [1.807, 2.05) is 6.07 Å². The van der Waals surface area contributed by atoms with Crippen LogP contribution in [-0.2, 0) is 10.1 Å². The predicted molar refractivity (Wildman–Crippen MR) is 55.1 cm³/mol. The van der Waals surface area contributed by atoms with Gasteiger partial charge in [0, 0.05) is 10.9 Å². The standard InChI is InChI=1S/C10H7BrFNO2/c1-15-10(14)6-2-7(5-13)8(4-11)9(12)3-6/h2-3H,4H2,1H3. The molecule has 0 unspecified atom stereocenters. The number of esters is 1. The second kappa shape index (κ2) is 4.89. The van der Waals surface area contributed by atoms with Gasteiger partial charge >= 0.3 is 5.97 Å². The van der Waals surface area contributed by atoms with Gasteiger partial charge in [0.05, 0.1) is 24.3 Å². The number of rotatable bonds is 2. The normalized spacial score (nSPS) is 9.47. The second-order valence-electron chi connectivity index (χ2n) is 2.72. The van der Waals surface area contributed by atoms with E-state index in [9.17, 15) is 9.18 Å². The minimum absolute atomic E-state index is 0.0382. The maximum atomic E-state index is 13.4. The summed E-state index contributed by atoms with van der Waals surface area (Å²) < 4.78 is 17.8. The van der Waals surface area contributed by atoms with E-state index in [1.165, 1.54) is 13.2 Å². The first-order chi connectivity index (χ1) is 7.13. The lowest BCUT2D eigenvalue weighted by Gasteiger charge is -2.04. The van der Waals surface area contributed by atoms with Crippen molar-refractivity contribution in [2.24, 2.45) is 0 Å². The van der Waals surface area contributed by atoms with E-state index in [1.54, 1.807) is 0 Å². The highest BCUT2D eigenvalue weighted by Gasteiger charge is 2.14. The van der Waals surface area contributed by atoms with Gasteiger partial charge in [-0.15, -0.1) is 0 Å². The van der Waals surface area contributed by atoms with Crippen molar-refractivity contribution in [3.8, 4) is 6.07 Å². The maximum absolute atomic E-state index is 13.4. The number of benzene rings is 1. The Morgan fingerprint density at radius 3 is 2.80 bits per heavy atom. The fourth-order valence-electron chi connectivity index (χ4n) is 1.11. The first-order valence-corrected chi connectivity index (χ1v) is 5.13. The van der Waals surface area contributed by atoms with E-state index >= 15 is 0 Å². The van der Waals surface area contributed by atoms with Crippen LogP contribution in [0, 0.1) is 17.1 Å². The van der Waals surface area contributed by atoms with Crippen molar-refractivity contribution >= 4 is 21.9 Å². The maximum Gasteiger partial charge on any atom is 0.337 e. The quantitative estimate of drug-likeness (QED) is 0.613. The van der Waals surface area contributed by atoms with Crippen LogP contribution in [0.25, 0.3) is 0 Å². The van der Waals surface area contributed by atoms with Crippen molar-refractivity contribution < 1.29 is 13.9 Å². The van der Waals surface area contributed by atoms with E-state index in [0.29, 0.717) is 0 Å². The molecule has 0 aliphatic carbocycles. The van der Waals surface area contributed by atoms with Gasteiger partial charge in [-0.25, -0.2) is 9.18 Å². The molecule has 1 aromatic carbocycles. The molecule has 0 radical (unpaired) electrons. The van der Waals surface area contributed by atoms with Gasteiger partial charge in [-0.3, -0.25) is 0 Å². The molecule has 0 saturated heterocycles. The number of nitriles is 1. The van der Waals surface area contributed by atoms with Gasteiger partial charge in [-0.2, -0.15) is 5.26 Å². The molecule has 0 aliphatic heterocycles. The van der Waals surface area contributed by atoms with Gasteiger partial charge < -0.3 is 4.74 Å². The minimum Gasteiger partial charge on any atom is -0.465 e. The summed E-state index contributed by atoms with van der Waals surface area (Å²) in [6, 6.07) is 4.20. The zero-order valence-electron chi connectivity index (χ0n) is 7.88. The Morgan fingerprint density at radius 2 is 2.33 bits per heavy atom. The lowest BCUT2D eigenvalue weighted by Crippen LogP contribution is -2.04. The van der Waals surface area contributed by atoms with Gasteiger partial charge in [-0.05, 0) is 12.1 Å². The zero-order valence-corrected chi connectivity index (χ0v) is 9.47. The Kier molecular flexibility index (Phi) is 3.81. The molecule has 1 aromatic rings. The zero-order chi connectivity index (χ0) is 11.4. The molecule has 15 heavy (non-hydrogen) atoms. The van der Waals surface area contributed by atoms with E-state index < -0.39 is 11.8 Å². The molecule has 1 rings (SSSR count). The molecule has 0 aromatic heterocycles. The summed E-state index contributed by atoms with van der Waals surface area (Å²) in [6.07, 6.45) is 0. The number of nitrogens with zero attached hydrogens (tertiary/aromatic N) is 1. The number of halogens is 2. The van der Waals surface area contributed by atoms with E-state index in [4.69, 9.17) is 5.26 Å². The SMILES string of the molecule is COC(=O)c1cc(F)c(CBr)c(C#N)c1. The van der Waals surface area contributed by atoms with Crippen molar-refractivity contribution in [3.05, 3.63) is 34.6 Å². The average molecular weight is 272 g/mol. The van der Waals surface area contributed by atoms with E-state index in [-0.39, 0.29) is 22.0 Å².